The van der Waals surface area contributed by atoms with Crippen LogP contribution in [0.5, 0.6) is 0 Å². The lowest BCUT2D eigenvalue weighted by atomic mass is 10.1. The van der Waals surface area contributed by atoms with Crippen LogP contribution in [0.4, 0.5) is 0 Å². The van der Waals surface area contributed by atoms with E-state index in [2.05, 4.69) is 4.98 Å². The van der Waals surface area contributed by atoms with Gasteiger partial charge in [-0.1, -0.05) is 0 Å². The molecular formula is C18H23N3O4. The lowest BCUT2D eigenvalue weighted by Gasteiger charge is -2.24. The van der Waals surface area contributed by atoms with Crippen molar-refractivity contribution in [2.75, 3.05) is 26.3 Å². The number of ether oxygens (including phenoxy) is 1. The Morgan fingerprint density at radius 3 is 2.80 bits per heavy atom. The van der Waals surface area contributed by atoms with Crippen molar-refractivity contribution in [3.63, 3.8) is 0 Å². The van der Waals surface area contributed by atoms with Crippen LogP contribution >= 0.6 is 0 Å². The van der Waals surface area contributed by atoms with Gasteiger partial charge < -0.3 is 14.6 Å². The van der Waals surface area contributed by atoms with Gasteiger partial charge in [0.05, 0.1) is 17.5 Å². The number of carbonyl (C=O) groups is 1. The summed E-state index contributed by atoms with van der Waals surface area (Å²) < 4.78 is 6.52. The predicted octanol–water partition coefficient (Wildman–Crippen LogP) is 1.21. The van der Waals surface area contributed by atoms with Crippen LogP contribution in [0.2, 0.25) is 0 Å². The Labute approximate surface area is 145 Å². The molecule has 0 radical (unpaired) electrons. The molecule has 1 fully saturated rings. The first kappa shape index (κ1) is 17.4. The highest BCUT2D eigenvalue weighted by Crippen LogP contribution is 2.17. The van der Waals surface area contributed by atoms with E-state index in [1.165, 1.54) is 0 Å². The molecular weight excluding hydrogens is 322 g/mol. The van der Waals surface area contributed by atoms with Crippen LogP contribution in [0.3, 0.4) is 0 Å². The molecule has 7 nitrogen and oxygen atoms in total. The molecule has 1 amide bonds. The third-order valence-electron chi connectivity index (χ3n) is 4.72. The third kappa shape index (κ3) is 3.37. The number of aromatic nitrogens is 2. The van der Waals surface area contributed by atoms with Crippen LogP contribution in [0.25, 0.3) is 10.9 Å². The van der Waals surface area contributed by atoms with Crippen LogP contribution in [-0.4, -0.2) is 46.7 Å². The fraction of sp³-hybridized carbons (Fsp3) is 0.500. The molecule has 7 heteroatoms. The molecule has 1 atom stereocenters. The van der Waals surface area contributed by atoms with Crippen molar-refractivity contribution in [2.24, 2.45) is 5.92 Å². The first-order valence-corrected chi connectivity index (χ1v) is 8.69. The average Bonchev–Trinajstić information content (AvgIpc) is 3.12. The number of amides is 1. The summed E-state index contributed by atoms with van der Waals surface area (Å²) in [5.74, 6) is 0.262. The Hall–Kier alpha value is -2.41. The minimum absolute atomic E-state index is 0.100. The van der Waals surface area contributed by atoms with E-state index >= 15 is 0 Å². The molecule has 1 aliphatic heterocycles. The van der Waals surface area contributed by atoms with Gasteiger partial charge in [-0.2, -0.15) is 0 Å². The highest BCUT2D eigenvalue weighted by atomic mass is 16.5. The Bertz CT molecular complexity index is 893. The number of H-pyrrole nitrogens is 1. The van der Waals surface area contributed by atoms with E-state index in [9.17, 15) is 14.4 Å². The molecule has 25 heavy (non-hydrogen) atoms. The topological polar surface area (TPSA) is 84.4 Å². The van der Waals surface area contributed by atoms with E-state index in [4.69, 9.17) is 4.74 Å². The van der Waals surface area contributed by atoms with Crippen molar-refractivity contribution >= 4 is 16.8 Å². The number of fused-ring (bicyclic) bond motifs is 1. The van der Waals surface area contributed by atoms with Gasteiger partial charge in [0.25, 0.3) is 11.5 Å². The van der Waals surface area contributed by atoms with Gasteiger partial charge in [-0.25, -0.2) is 4.79 Å². The number of hydrogen-bond acceptors (Lipinski definition) is 4. The zero-order valence-corrected chi connectivity index (χ0v) is 14.6. The molecule has 1 N–H and O–H groups in total. The van der Waals surface area contributed by atoms with Crippen LogP contribution in [0.1, 0.15) is 30.6 Å². The monoisotopic (exact) mass is 345 g/mol. The minimum Gasteiger partial charge on any atom is -0.381 e. The van der Waals surface area contributed by atoms with E-state index < -0.39 is 5.69 Å². The lowest BCUT2D eigenvalue weighted by molar-refractivity contribution is 0.0731. The average molecular weight is 345 g/mol. The molecule has 0 spiro atoms. The molecule has 134 valence electrons. The summed E-state index contributed by atoms with van der Waals surface area (Å²) in [7, 11) is 0. The summed E-state index contributed by atoms with van der Waals surface area (Å²) in [5.41, 5.74) is 0.0686. The van der Waals surface area contributed by atoms with Crippen LogP contribution in [0.15, 0.2) is 27.8 Å². The number of carbonyl (C=O) groups excluding carboxylic acids is 1. The molecule has 2 heterocycles. The molecule has 1 aromatic carbocycles. The van der Waals surface area contributed by atoms with Gasteiger partial charge in [0.2, 0.25) is 0 Å². The molecule has 0 saturated carbocycles. The van der Waals surface area contributed by atoms with Gasteiger partial charge in [0.1, 0.15) is 0 Å². The molecule has 2 aromatic rings. The Morgan fingerprint density at radius 2 is 2.16 bits per heavy atom. The highest BCUT2D eigenvalue weighted by molar-refractivity contribution is 5.97. The standard InChI is InChI=1S/C18H23N3O4/c1-3-20(10-12-7-8-25-11-12)16(22)13-5-6-14-15(9-13)19-18(24)21(4-2)17(14)23/h5-6,9,12H,3-4,7-8,10-11H2,1-2H3,(H,19,24)/t12-/m0/s1. The van der Waals surface area contributed by atoms with Crippen molar-refractivity contribution < 1.29 is 9.53 Å². The quantitative estimate of drug-likeness (QED) is 0.883. The van der Waals surface area contributed by atoms with Gasteiger partial charge >= 0.3 is 5.69 Å². The smallest absolute Gasteiger partial charge is 0.328 e. The predicted molar refractivity (Wildman–Crippen MR) is 95.0 cm³/mol. The number of benzene rings is 1. The highest BCUT2D eigenvalue weighted by Gasteiger charge is 2.22. The first-order chi connectivity index (χ1) is 12.0. The number of hydrogen-bond donors (Lipinski definition) is 1. The van der Waals surface area contributed by atoms with Crippen LogP contribution in [0, 0.1) is 5.92 Å². The summed E-state index contributed by atoms with van der Waals surface area (Å²) in [5, 5.41) is 0.408. The van der Waals surface area contributed by atoms with Gasteiger partial charge in [0, 0.05) is 37.7 Å². The number of rotatable bonds is 5. The number of nitrogens with zero attached hydrogens (tertiary/aromatic N) is 2. The minimum atomic E-state index is -0.458. The Balaban J connectivity index is 1.93. The van der Waals surface area contributed by atoms with Crippen molar-refractivity contribution in [1.82, 2.24) is 14.5 Å². The third-order valence-corrected chi connectivity index (χ3v) is 4.72. The fourth-order valence-electron chi connectivity index (χ4n) is 3.25. The Kier molecular flexibility index (Phi) is 5.03. The van der Waals surface area contributed by atoms with Crippen LogP contribution < -0.4 is 11.2 Å². The first-order valence-electron chi connectivity index (χ1n) is 8.69. The van der Waals surface area contributed by atoms with E-state index in [1.807, 2.05) is 6.92 Å². The summed E-state index contributed by atoms with van der Waals surface area (Å²) in [6.45, 7) is 6.67. The lowest BCUT2D eigenvalue weighted by Crippen LogP contribution is -2.36. The maximum Gasteiger partial charge on any atom is 0.328 e. The fourth-order valence-corrected chi connectivity index (χ4v) is 3.25. The molecule has 0 bridgehead atoms. The van der Waals surface area contributed by atoms with Gasteiger partial charge in [0.15, 0.2) is 0 Å². The molecule has 1 aliphatic rings. The molecule has 0 aliphatic carbocycles. The van der Waals surface area contributed by atoms with Crippen molar-refractivity contribution in [3.8, 4) is 0 Å². The summed E-state index contributed by atoms with van der Waals surface area (Å²) in [6, 6.07) is 4.85. The second-order valence-corrected chi connectivity index (χ2v) is 6.31. The zero-order chi connectivity index (χ0) is 18.0. The normalized spacial score (nSPS) is 17.1. The SMILES string of the molecule is CCN(C[C@@H]1CCOC1)C(=O)c1ccc2c(=O)n(CC)c(=O)[nH]c2c1. The van der Waals surface area contributed by atoms with E-state index in [-0.39, 0.29) is 11.5 Å². The number of nitrogens with one attached hydrogen (secondary N) is 1. The van der Waals surface area contributed by atoms with E-state index in [0.717, 1.165) is 17.6 Å². The number of aromatic amines is 1. The largest absolute Gasteiger partial charge is 0.381 e. The zero-order valence-electron chi connectivity index (χ0n) is 14.6. The van der Waals surface area contributed by atoms with Gasteiger partial charge in [-0.05, 0) is 38.5 Å². The maximum absolute atomic E-state index is 12.8. The van der Waals surface area contributed by atoms with Crippen LogP contribution in [-0.2, 0) is 11.3 Å². The molecule has 3 rings (SSSR count). The summed E-state index contributed by atoms with van der Waals surface area (Å²) in [6.07, 6.45) is 0.964. The van der Waals surface area contributed by atoms with Crippen molar-refractivity contribution in [2.45, 2.75) is 26.8 Å². The molecule has 1 aromatic heterocycles. The summed E-state index contributed by atoms with van der Waals surface area (Å²) >= 11 is 0. The van der Waals surface area contributed by atoms with Crippen molar-refractivity contribution in [3.05, 3.63) is 44.6 Å². The maximum atomic E-state index is 12.8. The van der Waals surface area contributed by atoms with E-state index in [0.29, 0.717) is 48.6 Å². The van der Waals surface area contributed by atoms with E-state index in [1.54, 1.807) is 30.0 Å². The molecule has 1 saturated heterocycles. The second-order valence-electron chi connectivity index (χ2n) is 6.31. The van der Waals surface area contributed by atoms with Crippen molar-refractivity contribution in [1.29, 1.82) is 0 Å². The van der Waals surface area contributed by atoms with Gasteiger partial charge in [-0.3, -0.25) is 14.2 Å². The van der Waals surface area contributed by atoms with Gasteiger partial charge in [-0.15, -0.1) is 0 Å². The summed E-state index contributed by atoms with van der Waals surface area (Å²) in [4.78, 5) is 41.6. The second kappa shape index (κ2) is 7.23. The molecule has 0 unspecified atom stereocenters. The Morgan fingerprint density at radius 1 is 1.36 bits per heavy atom.